The first-order valence-electron chi connectivity index (χ1n) is 7.94. The second kappa shape index (κ2) is 7.17. The summed E-state index contributed by atoms with van der Waals surface area (Å²) in [6.45, 7) is 1.98. The van der Waals surface area contributed by atoms with Gasteiger partial charge in [-0.1, -0.05) is 24.3 Å². The first-order chi connectivity index (χ1) is 12.1. The van der Waals surface area contributed by atoms with Crippen molar-refractivity contribution in [3.63, 3.8) is 0 Å². The topological polar surface area (TPSA) is 84.1 Å². The molecule has 0 spiro atoms. The third-order valence-electron chi connectivity index (χ3n) is 4.10. The van der Waals surface area contributed by atoms with Crippen molar-refractivity contribution in [1.29, 1.82) is 0 Å². The number of hydrogen-bond acceptors (Lipinski definition) is 4. The fraction of sp³-hybridized carbons (Fsp3) is 0.211. The summed E-state index contributed by atoms with van der Waals surface area (Å²) in [5.41, 5.74) is 3.19. The Morgan fingerprint density at radius 3 is 2.80 bits per heavy atom. The number of pyridine rings is 1. The fourth-order valence-electron chi connectivity index (χ4n) is 2.75. The number of para-hydroxylation sites is 1. The van der Waals surface area contributed by atoms with Crippen LogP contribution in [0.5, 0.6) is 0 Å². The molecule has 2 heterocycles. The Morgan fingerprint density at radius 1 is 1.28 bits per heavy atom. The van der Waals surface area contributed by atoms with Crippen LogP contribution in [0.2, 0.25) is 0 Å². The molecule has 3 rings (SSSR count). The van der Waals surface area contributed by atoms with E-state index in [0.29, 0.717) is 5.69 Å². The highest BCUT2D eigenvalue weighted by molar-refractivity contribution is 5.99. The van der Waals surface area contributed by atoms with Gasteiger partial charge >= 0.3 is 5.97 Å². The average molecular weight is 337 g/mol. The van der Waals surface area contributed by atoms with Crippen LogP contribution in [0.4, 0.5) is 0 Å². The molecule has 0 aliphatic rings. The molecule has 6 nitrogen and oxygen atoms in total. The molecule has 0 saturated carbocycles. The lowest BCUT2D eigenvalue weighted by molar-refractivity contribution is -0.141. The number of aryl methyl sites for hydroxylation is 1. The number of esters is 1. The smallest absolute Gasteiger partial charge is 0.307 e. The Morgan fingerprint density at radius 2 is 2.12 bits per heavy atom. The van der Waals surface area contributed by atoms with Gasteiger partial charge in [0.05, 0.1) is 19.6 Å². The molecule has 1 amide bonds. The van der Waals surface area contributed by atoms with Crippen LogP contribution < -0.4 is 5.32 Å². The molecule has 1 atom stereocenters. The van der Waals surface area contributed by atoms with Crippen molar-refractivity contribution in [2.24, 2.45) is 0 Å². The van der Waals surface area contributed by atoms with Gasteiger partial charge in [-0.05, 0) is 30.2 Å². The Kier molecular flexibility index (Phi) is 4.79. The van der Waals surface area contributed by atoms with Gasteiger partial charge in [0, 0.05) is 23.3 Å². The van der Waals surface area contributed by atoms with Gasteiger partial charge in [-0.15, -0.1) is 0 Å². The maximum atomic E-state index is 12.7. The van der Waals surface area contributed by atoms with Crippen LogP contribution >= 0.6 is 0 Å². The molecule has 0 bridgehead atoms. The van der Waals surface area contributed by atoms with E-state index in [1.165, 1.54) is 7.11 Å². The SMILES string of the molecule is COC(=O)C[C@H](NC(=O)c1cc2cccc(C)c2[nH]1)c1cccnc1. The highest BCUT2D eigenvalue weighted by Gasteiger charge is 2.21. The number of carbonyl (C=O) groups excluding carboxylic acids is 2. The van der Waals surface area contributed by atoms with Gasteiger partial charge in [0.1, 0.15) is 5.69 Å². The summed E-state index contributed by atoms with van der Waals surface area (Å²) in [7, 11) is 1.32. The first-order valence-corrected chi connectivity index (χ1v) is 7.94. The van der Waals surface area contributed by atoms with Gasteiger partial charge in [0.25, 0.3) is 5.91 Å². The average Bonchev–Trinajstić information content (AvgIpc) is 3.07. The zero-order chi connectivity index (χ0) is 17.8. The van der Waals surface area contributed by atoms with Gasteiger partial charge in [-0.3, -0.25) is 14.6 Å². The van der Waals surface area contributed by atoms with Crippen molar-refractivity contribution in [2.75, 3.05) is 7.11 Å². The van der Waals surface area contributed by atoms with E-state index in [1.807, 2.05) is 31.2 Å². The summed E-state index contributed by atoms with van der Waals surface area (Å²) in [5, 5.41) is 3.85. The molecule has 2 N–H and O–H groups in total. The lowest BCUT2D eigenvalue weighted by Crippen LogP contribution is -2.30. The van der Waals surface area contributed by atoms with Crippen LogP contribution in [-0.2, 0) is 9.53 Å². The number of methoxy groups -OCH3 is 1. The van der Waals surface area contributed by atoms with E-state index in [4.69, 9.17) is 4.74 Å². The number of aromatic amines is 1. The quantitative estimate of drug-likeness (QED) is 0.701. The minimum absolute atomic E-state index is 0.0349. The molecule has 0 fully saturated rings. The predicted octanol–water partition coefficient (Wildman–Crippen LogP) is 2.91. The molecular weight excluding hydrogens is 318 g/mol. The third-order valence-corrected chi connectivity index (χ3v) is 4.10. The molecule has 0 saturated heterocycles. The number of hydrogen-bond donors (Lipinski definition) is 2. The zero-order valence-corrected chi connectivity index (χ0v) is 14.1. The largest absolute Gasteiger partial charge is 0.469 e. The van der Waals surface area contributed by atoms with Crippen LogP contribution in [-0.4, -0.2) is 29.0 Å². The number of ether oxygens (including phenoxy) is 1. The molecule has 0 aliphatic heterocycles. The van der Waals surface area contributed by atoms with E-state index >= 15 is 0 Å². The van der Waals surface area contributed by atoms with E-state index in [1.54, 1.807) is 24.5 Å². The number of aromatic nitrogens is 2. The molecular formula is C19H19N3O3. The second-order valence-electron chi connectivity index (χ2n) is 5.81. The summed E-state index contributed by atoms with van der Waals surface area (Å²) < 4.78 is 4.73. The van der Waals surface area contributed by atoms with Crippen molar-refractivity contribution in [3.8, 4) is 0 Å². The molecule has 0 unspecified atom stereocenters. The second-order valence-corrected chi connectivity index (χ2v) is 5.81. The Hall–Kier alpha value is -3.15. The summed E-state index contributed by atoms with van der Waals surface area (Å²) in [6.07, 6.45) is 3.30. The van der Waals surface area contributed by atoms with E-state index in [0.717, 1.165) is 22.0 Å². The first kappa shape index (κ1) is 16.7. The number of carbonyl (C=O) groups is 2. The van der Waals surface area contributed by atoms with Gasteiger partial charge in [-0.25, -0.2) is 0 Å². The summed E-state index contributed by atoms with van der Waals surface area (Å²) in [6, 6.07) is 10.7. The number of amides is 1. The number of nitrogens with zero attached hydrogens (tertiary/aromatic N) is 1. The monoisotopic (exact) mass is 337 g/mol. The number of nitrogens with one attached hydrogen (secondary N) is 2. The molecule has 0 aliphatic carbocycles. The molecule has 128 valence electrons. The van der Waals surface area contributed by atoms with Crippen LogP contribution in [0.15, 0.2) is 48.8 Å². The number of fused-ring (bicyclic) bond motifs is 1. The minimum atomic E-state index is -0.513. The maximum absolute atomic E-state index is 12.7. The van der Waals surface area contributed by atoms with Gasteiger partial charge in [-0.2, -0.15) is 0 Å². The number of H-pyrrole nitrogens is 1. The molecule has 25 heavy (non-hydrogen) atoms. The number of benzene rings is 1. The lowest BCUT2D eigenvalue weighted by atomic mass is 10.1. The third kappa shape index (κ3) is 3.68. The fourth-order valence-corrected chi connectivity index (χ4v) is 2.75. The highest BCUT2D eigenvalue weighted by atomic mass is 16.5. The lowest BCUT2D eigenvalue weighted by Gasteiger charge is -2.17. The van der Waals surface area contributed by atoms with Crippen molar-refractivity contribution in [3.05, 3.63) is 65.6 Å². The maximum Gasteiger partial charge on any atom is 0.307 e. The van der Waals surface area contributed by atoms with E-state index in [-0.39, 0.29) is 12.3 Å². The van der Waals surface area contributed by atoms with Crippen LogP contribution in [0.3, 0.4) is 0 Å². The molecule has 2 aromatic heterocycles. The van der Waals surface area contributed by atoms with Crippen LogP contribution in [0, 0.1) is 6.92 Å². The van der Waals surface area contributed by atoms with Crippen LogP contribution in [0.25, 0.3) is 10.9 Å². The number of rotatable bonds is 5. The van der Waals surface area contributed by atoms with E-state index in [2.05, 4.69) is 15.3 Å². The molecule has 1 aromatic carbocycles. The van der Waals surface area contributed by atoms with E-state index in [9.17, 15) is 9.59 Å². The van der Waals surface area contributed by atoms with Crippen molar-refractivity contribution in [1.82, 2.24) is 15.3 Å². The Balaban J connectivity index is 1.86. The highest BCUT2D eigenvalue weighted by Crippen LogP contribution is 2.21. The predicted molar refractivity (Wildman–Crippen MR) is 94.1 cm³/mol. The standard InChI is InChI=1S/C19H19N3O3/c1-12-5-3-6-13-9-16(21-18(12)13)19(24)22-15(10-17(23)25-2)14-7-4-8-20-11-14/h3-9,11,15,21H,10H2,1-2H3,(H,22,24)/t15-/m0/s1. The summed E-state index contributed by atoms with van der Waals surface area (Å²) >= 11 is 0. The van der Waals surface area contributed by atoms with Crippen molar-refractivity contribution < 1.29 is 14.3 Å². The van der Waals surface area contributed by atoms with E-state index < -0.39 is 12.0 Å². The Labute approximate surface area is 145 Å². The molecule has 0 radical (unpaired) electrons. The van der Waals surface area contributed by atoms with Crippen LogP contribution in [0.1, 0.15) is 34.1 Å². The van der Waals surface area contributed by atoms with Gasteiger partial charge in [0.15, 0.2) is 0 Å². The van der Waals surface area contributed by atoms with Crippen molar-refractivity contribution >= 4 is 22.8 Å². The minimum Gasteiger partial charge on any atom is -0.469 e. The Bertz CT molecular complexity index is 903. The normalized spacial score (nSPS) is 11.9. The van der Waals surface area contributed by atoms with Gasteiger partial charge in [0.2, 0.25) is 0 Å². The zero-order valence-electron chi connectivity index (χ0n) is 14.1. The molecule has 6 heteroatoms. The molecule has 3 aromatic rings. The van der Waals surface area contributed by atoms with Crippen molar-refractivity contribution in [2.45, 2.75) is 19.4 Å². The summed E-state index contributed by atoms with van der Waals surface area (Å²) in [5.74, 6) is -0.685. The summed E-state index contributed by atoms with van der Waals surface area (Å²) in [4.78, 5) is 31.6. The van der Waals surface area contributed by atoms with Gasteiger partial charge < -0.3 is 15.0 Å².